The van der Waals surface area contributed by atoms with Crippen molar-refractivity contribution in [1.29, 1.82) is 0 Å². The van der Waals surface area contributed by atoms with Gasteiger partial charge in [-0.05, 0) is 60.7 Å². The number of carboxylic acid groups (broad SMARTS) is 1. The van der Waals surface area contributed by atoms with Crippen LogP contribution in [0.1, 0.15) is 35.3 Å². The van der Waals surface area contributed by atoms with E-state index < -0.39 is 5.97 Å². The molecule has 30 heavy (non-hydrogen) atoms. The van der Waals surface area contributed by atoms with Crippen molar-refractivity contribution in [2.45, 2.75) is 45.4 Å². The number of thiophene rings is 1. The van der Waals surface area contributed by atoms with E-state index >= 15 is 0 Å². The number of aliphatic carboxylic acids is 1. The molecule has 5 heteroatoms. The zero-order chi connectivity index (χ0) is 20.9. The minimum Gasteiger partial charge on any atom is -0.480 e. The lowest BCUT2D eigenvalue weighted by molar-refractivity contribution is -0.144. The SMILES string of the molecule is Cc1c(COc2ccc(CN3CCCCC3C(=O)O)s2)cccc1-c1ccccc1. The van der Waals surface area contributed by atoms with Crippen molar-refractivity contribution < 1.29 is 14.6 Å². The molecular formula is C25H27NO3S. The maximum Gasteiger partial charge on any atom is 0.320 e. The monoisotopic (exact) mass is 421 g/mol. The Morgan fingerprint density at radius 2 is 1.93 bits per heavy atom. The summed E-state index contributed by atoms with van der Waals surface area (Å²) in [5, 5.41) is 10.3. The van der Waals surface area contributed by atoms with Gasteiger partial charge in [0, 0.05) is 11.4 Å². The fourth-order valence-corrected chi connectivity index (χ4v) is 4.98. The Morgan fingerprint density at radius 3 is 2.73 bits per heavy atom. The van der Waals surface area contributed by atoms with Crippen LogP contribution in [0, 0.1) is 6.92 Å². The van der Waals surface area contributed by atoms with E-state index in [1.807, 2.05) is 12.1 Å². The molecule has 0 saturated carbocycles. The van der Waals surface area contributed by atoms with Crippen molar-refractivity contribution in [3.63, 3.8) is 0 Å². The molecule has 0 aliphatic carbocycles. The molecule has 1 fully saturated rings. The van der Waals surface area contributed by atoms with Crippen LogP contribution in [0.25, 0.3) is 11.1 Å². The average molecular weight is 422 g/mol. The molecular weight excluding hydrogens is 394 g/mol. The Balaban J connectivity index is 1.41. The lowest BCUT2D eigenvalue weighted by Gasteiger charge is -2.32. The van der Waals surface area contributed by atoms with Gasteiger partial charge in [0.2, 0.25) is 0 Å². The predicted octanol–water partition coefficient (Wildman–Crippen LogP) is 5.74. The van der Waals surface area contributed by atoms with Gasteiger partial charge in [-0.25, -0.2) is 0 Å². The summed E-state index contributed by atoms with van der Waals surface area (Å²) in [6, 6.07) is 20.4. The molecule has 1 aliphatic heterocycles. The van der Waals surface area contributed by atoms with Gasteiger partial charge in [0.1, 0.15) is 12.6 Å². The molecule has 0 amide bonds. The van der Waals surface area contributed by atoms with Gasteiger partial charge in [-0.15, -0.1) is 11.3 Å². The topological polar surface area (TPSA) is 49.8 Å². The summed E-state index contributed by atoms with van der Waals surface area (Å²) < 4.78 is 6.09. The van der Waals surface area contributed by atoms with Crippen molar-refractivity contribution >= 4 is 17.3 Å². The first-order chi connectivity index (χ1) is 14.6. The Bertz CT molecular complexity index is 999. The number of nitrogens with zero attached hydrogens (tertiary/aromatic N) is 1. The minimum atomic E-state index is -0.712. The van der Waals surface area contributed by atoms with Crippen LogP contribution in [-0.4, -0.2) is 28.6 Å². The zero-order valence-corrected chi connectivity index (χ0v) is 18.0. The summed E-state index contributed by atoms with van der Waals surface area (Å²) in [5.41, 5.74) is 4.85. The van der Waals surface area contributed by atoms with E-state index in [9.17, 15) is 9.90 Å². The van der Waals surface area contributed by atoms with Crippen LogP contribution < -0.4 is 4.74 Å². The van der Waals surface area contributed by atoms with Crippen molar-refractivity contribution in [2.24, 2.45) is 0 Å². The average Bonchev–Trinajstić information content (AvgIpc) is 3.21. The standard InChI is InChI=1S/C25H27NO3S/c1-18-20(10-7-11-22(18)19-8-3-2-4-9-19)17-29-24-14-13-21(30-24)16-26-15-6-5-12-23(26)25(27)28/h2-4,7-11,13-14,23H,5-6,12,15-17H2,1H3,(H,27,28). The van der Waals surface area contributed by atoms with Gasteiger partial charge < -0.3 is 9.84 Å². The second-order valence-electron chi connectivity index (χ2n) is 7.79. The molecule has 1 N–H and O–H groups in total. The van der Waals surface area contributed by atoms with Crippen LogP contribution in [0.2, 0.25) is 0 Å². The summed E-state index contributed by atoms with van der Waals surface area (Å²) in [6.45, 7) is 4.18. The first-order valence-corrected chi connectivity index (χ1v) is 11.3. The molecule has 1 aromatic heterocycles. The second kappa shape index (κ2) is 9.45. The number of carbonyl (C=O) groups is 1. The molecule has 1 unspecified atom stereocenters. The number of piperidine rings is 1. The van der Waals surface area contributed by atoms with Crippen LogP contribution in [-0.2, 0) is 17.9 Å². The molecule has 1 atom stereocenters. The van der Waals surface area contributed by atoms with Crippen molar-refractivity contribution in [2.75, 3.05) is 6.54 Å². The molecule has 2 heterocycles. The minimum absolute atomic E-state index is 0.367. The third-order valence-corrected chi connectivity index (χ3v) is 6.78. The van der Waals surface area contributed by atoms with Crippen molar-refractivity contribution in [3.05, 3.63) is 76.7 Å². The summed E-state index contributed by atoms with van der Waals surface area (Å²) in [7, 11) is 0. The van der Waals surface area contributed by atoms with E-state index in [-0.39, 0.29) is 6.04 Å². The number of hydrogen-bond acceptors (Lipinski definition) is 4. The first kappa shape index (κ1) is 20.6. The van der Waals surface area contributed by atoms with Crippen LogP contribution in [0.4, 0.5) is 0 Å². The lowest BCUT2D eigenvalue weighted by Crippen LogP contribution is -2.43. The molecule has 4 rings (SSSR count). The van der Waals surface area contributed by atoms with Crippen LogP contribution >= 0.6 is 11.3 Å². The third kappa shape index (κ3) is 4.74. The summed E-state index contributed by atoms with van der Waals surface area (Å²) in [4.78, 5) is 14.7. The maximum atomic E-state index is 11.5. The number of benzene rings is 2. The normalized spacial score (nSPS) is 17.0. The zero-order valence-electron chi connectivity index (χ0n) is 17.2. The second-order valence-corrected chi connectivity index (χ2v) is 8.92. The number of carboxylic acids is 1. The smallest absolute Gasteiger partial charge is 0.320 e. The Labute approximate surface area is 181 Å². The lowest BCUT2D eigenvalue weighted by atomic mass is 9.97. The number of likely N-dealkylation sites (tertiary alicyclic amines) is 1. The highest BCUT2D eigenvalue weighted by Crippen LogP contribution is 2.30. The van der Waals surface area contributed by atoms with Crippen LogP contribution in [0.5, 0.6) is 5.06 Å². The predicted molar refractivity (Wildman–Crippen MR) is 121 cm³/mol. The summed E-state index contributed by atoms with van der Waals surface area (Å²) in [5.74, 6) is -0.712. The fourth-order valence-electron chi connectivity index (χ4n) is 4.10. The highest BCUT2D eigenvalue weighted by molar-refractivity contribution is 7.13. The third-order valence-electron chi connectivity index (χ3n) is 5.80. The Kier molecular flexibility index (Phi) is 6.50. The van der Waals surface area contributed by atoms with Gasteiger partial charge in [0.05, 0.1) is 0 Å². The molecule has 0 radical (unpaired) electrons. The van der Waals surface area contributed by atoms with E-state index in [0.717, 1.165) is 35.7 Å². The van der Waals surface area contributed by atoms with Gasteiger partial charge in [-0.2, -0.15) is 0 Å². The molecule has 1 aliphatic rings. The molecule has 2 aromatic carbocycles. The molecule has 0 bridgehead atoms. The maximum absolute atomic E-state index is 11.5. The van der Waals surface area contributed by atoms with E-state index in [1.54, 1.807) is 11.3 Å². The van der Waals surface area contributed by atoms with Gasteiger partial charge in [0.25, 0.3) is 0 Å². The molecule has 156 valence electrons. The molecule has 0 spiro atoms. The molecule has 1 saturated heterocycles. The molecule has 4 nitrogen and oxygen atoms in total. The van der Waals surface area contributed by atoms with Crippen molar-refractivity contribution in [3.8, 4) is 16.2 Å². The van der Waals surface area contributed by atoms with Crippen LogP contribution in [0.3, 0.4) is 0 Å². The quantitative estimate of drug-likeness (QED) is 0.528. The van der Waals surface area contributed by atoms with Crippen LogP contribution in [0.15, 0.2) is 60.7 Å². The van der Waals surface area contributed by atoms with Gasteiger partial charge >= 0.3 is 5.97 Å². The Morgan fingerprint density at radius 1 is 1.10 bits per heavy atom. The Hall–Kier alpha value is -2.63. The van der Waals surface area contributed by atoms with E-state index in [1.165, 1.54) is 22.3 Å². The van der Waals surface area contributed by atoms with Gasteiger partial charge in [-0.3, -0.25) is 9.69 Å². The highest BCUT2D eigenvalue weighted by Gasteiger charge is 2.28. The largest absolute Gasteiger partial charge is 0.480 e. The van der Waals surface area contributed by atoms with Gasteiger partial charge in [-0.1, -0.05) is 55.0 Å². The van der Waals surface area contributed by atoms with E-state index in [4.69, 9.17) is 4.74 Å². The highest BCUT2D eigenvalue weighted by atomic mass is 32.1. The summed E-state index contributed by atoms with van der Waals surface area (Å²) in [6.07, 6.45) is 2.80. The van der Waals surface area contributed by atoms with Crippen molar-refractivity contribution in [1.82, 2.24) is 4.90 Å². The first-order valence-electron chi connectivity index (χ1n) is 10.4. The van der Waals surface area contributed by atoms with E-state index in [0.29, 0.717) is 13.2 Å². The van der Waals surface area contributed by atoms with E-state index in [2.05, 4.69) is 60.4 Å². The fraction of sp³-hybridized carbons (Fsp3) is 0.320. The number of ether oxygens (including phenoxy) is 1. The number of rotatable bonds is 7. The summed E-state index contributed by atoms with van der Waals surface area (Å²) >= 11 is 1.61. The number of hydrogen-bond donors (Lipinski definition) is 1. The van der Waals surface area contributed by atoms with Gasteiger partial charge in [0.15, 0.2) is 5.06 Å². The molecule has 3 aromatic rings.